The van der Waals surface area contributed by atoms with E-state index in [0.717, 1.165) is 26.7 Å². The number of rotatable bonds is 11. The minimum atomic E-state index is -3.60. The van der Waals surface area contributed by atoms with Crippen molar-refractivity contribution in [3.05, 3.63) is 0 Å². The summed E-state index contributed by atoms with van der Waals surface area (Å²) in [7, 11) is -19.8. The van der Waals surface area contributed by atoms with Crippen LogP contribution in [-0.4, -0.2) is 124 Å². The Bertz CT molecular complexity index is 1300. The molecule has 0 saturated heterocycles. The van der Waals surface area contributed by atoms with E-state index in [-0.39, 0.29) is 0 Å². The highest BCUT2D eigenvalue weighted by Crippen LogP contribution is 2.66. The molecule has 0 spiro atoms. The van der Waals surface area contributed by atoms with Crippen LogP contribution in [0.1, 0.15) is 0 Å². The van der Waals surface area contributed by atoms with Crippen LogP contribution in [-0.2, 0) is 82.1 Å². The Kier molecular flexibility index (Phi) is 32.6. The first-order valence-electron chi connectivity index (χ1n) is 11.9. The van der Waals surface area contributed by atoms with Crippen LogP contribution in [0.15, 0.2) is 0 Å². The summed E-state index contributed by atoms with van der Waals surface area (Å²) in [6, 6.07) is 0. The van der Waals surface area contributed by atoms with Crippen molar-refractivity contribution in [2.45, 2.75) is 0 Å². The quantitative estimate of drug-likeness (QED) is 0.208. The van der Waals surface area contributed by atoms with E-state index < -0.39 is 70.0 Å². The van der Waals surface area contributed by atoms with E-state index in [4.69, 9.17) is 15.3 Å². The Morgan fingerprint density at radius 1 is 0.404 bits per heavy atom. The molecule has 0 radical (unpaired) electrons. The van der Waals surface area contributed by atoms with Gasteiger partial charge in [0.05, 0.1) is 6.26 Å². The Morgan fingerprint density at radius 2 is 0.574 bits per heavy atom. The van der Waals surface area contributed by atoms with Gasteiger partial charge in [0.15, 0.2) is 7.37 Å². The lowest BCUT2D eigenvalue weighted by Crippen LogP contribution is -2.07. The summed E-state index contributed by atoms with van der Waals surface area (Å²) in [6.45, 7) is 14.8. The summed E-state index contributed by atoms with van der Waals surface area (Å²) >= 11 is 0. The van der Waals surface area contributed by atoms with Gasteiger partial charge < -0.3 is 22.6 Å². The van der Waals surface area contributed by atoms with Crippen LogP contribution in [0.2, 0.25) is 0 Å². The van der Waals surface area contributed by atoms with Gasteiger partial charge in [-0.25, -0.2) is 17.9 Å². The molecule has 0 aromatic heterocycles. The summed E-state index contributed by atoms with van der Waals surface area (Å²) in [5.74, 6) is 0. The van der Waals surface area contributed by atoms with E-state index in [0.29, 0.717) is 0 Å². The highest BCUT2D eigenvalue weighted by Gasteiger charge is 2.32. The summed E-state index contributed by atoms with van der Waals surface area (Å²) < 4.78 is 141. The topological polar surface area (TPSA) is 323 Å². The van der Waals surface area contributed by atoms with Crippen LogP contribution >= 0.6 is 59.9 Å². The Balaban J connectivity index is -0.000000113. The minimum Gasteiger partial charge on any atom is -0.332 e. The smallest absolute Gasteiger partial charge is 0.332 e. The molecular formula is C17H57N3O18P8S. The number of hydrogen-bond acceptors (Lipinski definition) is 18. The Hall–Kier alpha value is 1.35. The van der Waals surface area contributed by atoms with Gasteiger partial charge in [-0.15, -0.1) is 0 Å². The molecule has 0 rings (SSSR count). The highest BCUT2D eigenvalue weighted by molar-refractivity contribution is 7.88. The Morgan fingerprint density at radius 3 is 0.681 bits per heavy atom. The molecule has 0 fully saturated rings. The predicted molar refractivity (Wildman–Crippen MR) is 192 cm³/mol. The van der Waals surface area contributed by atoms with Crippen molar-refractivity contribution in [1.29, 1.82) is 0 Å². The standard InChI is InChI=1S/C5H15O6P3.C4H12O4P2.C3H9O2P.2C2H8NO2P.CH5NO2S/c1-9-13(4,7)11-14(5,8)10-12(2,3)6;1-7-10(4,6)8-9(2,3)5;3*1-5-6(2,3)4;1-5(2,3)4/h1-5H3;1-4H3;1-3H3;2*1-2H3,(H2,3,4);1H3,(H2,2,3,4). The number of nitrogens with two attached hydrogens (primary N) is 3. The third kappa shape index (κ3) is 82.5. The number of primary sulfonamides is 1. The summed E-state index contributed by atoms with van der Waals surface area (Å²) in [4.78, 5) is 0. The zero-order valence-corrected chi connectivity index (χ0v) is 38.0. The molecule has 47 heavy (non-hydrogen) atoms. The van der Waals surface area contributed by atoms with Crippen molar-refractivity contribution in [3.63, 3.8) is 0 Å². The molecule has 5 atom stereocenters. The van der Waals surface area contributed by atoms with Crippen LogP contribution in [0.5, 0.6) is 0 Å². The fraction of sp³-hybridized carbons (Fsp3) is 1.00. The summed E-state index contributed by atoms with van der Waals surface area (Å²) in [5.41, 5.74) is 9.74. The molecule has 0 aliphatic heterocycles. The SMILES string of the molecule is COP(C)(=O)OP(C)(=O)OP(C)(C)=O.COP(C)(=O)OP(C)(C)=O.COP(C)(C)=O.COP(C)(N)=O.COP(C)(N)=O.CS(N)(=O)=O. The third-order valence-electron chi connectivity index (χ3n) is 2.81. The maximum absolute atomic E-state index is 11.5. The lowest BCUT2D eigenvalue weighted by Gasteiger charge is -2.19. The molecule has 0 aliphatic carbocycles. The van der Waals surface area contributed by atoms with E-state index >= 15 is 0 Å². The van der Waals surface area contributed by atoms with Crippen LogP contribution in [0.4, 0.5) is 0 Å². The van der Waals surface area contributed by atoms with Crippen molar-refractivity contribution in [3.8, 4) is 0 Å². The first-order chi connectivity index (χ1) is 19.9. The zero-order valence-electron chi connectivity index (χ0n) is 30.1. The fourth-order valence-corrected chi connectivity index (χ4v) is 9.86. The van der Waals surface area contributed by atoms with Gasteiger partial charge in [-0.3, -0.25) is 56.1 Å². The molecule has 0 amide bonds. The minimum absolute atomic E-state index is 0.938. The van der Waals surface area contributed by atoms with Crippen LogP contribution in [0, 0.1) is 0 Å². The molecule has 0 saturated carbocycles. The van der Waals surface area contributed by atoms with Crippen LogP contribution in [0.25, 0.3) is 0 Å². The second-order valence-electron chi connectivity index (χ2n) is 9.87. The van der Waals surface area contributed by atoms with E-state index in [1.165, 1.54) is 75.1 Å². The molecule has 6 N–H and O–H groups in total. The predicted octanol–water partition coefficient (Wildman–Crippen LogP) is 5.76. The summed E-state index contributed by atoms with van der Waals surface area (Å²) in [6.07, 6.45) is 0.938. The zero-order chi connectivity index (χ0) is 40.2. The molecule has 30 heteroatoms. The lowest BCUT2D eigenvalue weighted by atomic mass is 11.8. The monoisotopic (exact) mass is 871 g/mol. The number of hydrogen-bond donors (Lipinski definition) is 3. The van der Waals surface area contributed by atoms with E-state index in [2.05, 4.69) is 36.4 Å². The summed E-state index contributed by atoms with van der Waals surface area (Å²) in [5, 5.41) is 4.33. The highest BCUT2D eigenvalue weighted by atomic mass is 32.2. The number of sulfonamides is 1. The van der Waals surface area contributed by atoms with Crippen molar-refractivity contribution in [1.82, 2.24) is 0 Å². The maximum atomic E-state index is 11.5. The maximum Gasteiger partial charge on any atom is 0.340 e. The van der Waals surface area contributed by atoms with Gasteiger partial charge >= 0.3 is 22.8 Å². The normalized spacial score (nSPS) is 18.0. The average molecular weight is 872 g/mol. The van der Waals surface area contributed by atoms with Gasteiger partial charge in [0.25, 0.3) is 15.0 Å². The van der Waals surface area contributed by atoms with E-state index in [9.17, 15) is 44.9 Å². The largest absolute Gasteiger partial charge is 0.340 e. The molecule has 294 valence electrons. The lowest BCUT2D eigenvalue weighted by molar-refractivity contribution is 0.308. The first kappa shape index (κ1) is 60.4. The van der Waals surface area contributed by atoms with Crippen molar-refractivity contribution < 1.29 is 80.5 Å². The second-order valence-corrected chi connectivity index (χ2v) is 31.1. The molecule has 5 unspecified atom stereocenters. The average Bonchev–Trinajstić information content (AvgIpc) is 2.74. The van der Waals surface area contributed by atoms with Gasteiger partial charge in [0.2, 0.25) is 24.8 Å². The van der Waals surface area contributed by atoms with Crippen molar-refractivity contribution >= 4 is 70.0 Å². The molecule has 0 aromatic rings. The van der Waals surface area contributed by atoms with Crippen molar-refractivity contribution in [2.75, 3.05) is 115 Å². The Labute approximate surface area is 281 Å². The third-order valence-corrected chi connectivity index (χ3v) is 14.4. The molecule has 0 bridgehead atoms. The van der Waals surface area contributed by atoms with Gasteiger partial charge in [-0.05, 0) is 0 Å². The molecule has 0 heterocycles. The van der Waals surface area contributed by atoms with Gasteiger partial charge in [-0.2, -0.15) is 0 Å². The van der Waals surface area contributed by atoms with Crippen molar-refractivity contribution in [2.24, 2.45) is 16.1 Å². The van der Waals surface area contributed by atoms with Crippen LogP contribution in [0.3, 0.4) is 0 Å². The molecule has 0 aliphatic rings. The van der Waals surface area contributed by atoms with E-state index in [1.54, 1.807) is 13.3 Å². The fourth-order valence-electron chi connectivity index (χ4n) is 1.07. The molecule has 21 nitrogen and oxygen atoms in total. The van der Waals surface area contributed by atoms with E-state index in [1.807, 2.05) is 0 Å². The molecular weight excluding hydrogens is 814 g/mol. The van der Waals surface area contributed by atoms with Gasteiger partial charge in [0, 0.05) is 109 Å². The van der Waals surface area contributed by atoms with Gasteiger partial charge in [0.1, 0.15) is 0 Å². The van der Waals surface area contributed by atoms with Gasteiger partial charge in [-0.1, -0.05) is 0 Å². The second kappa shape index (κ2) is 25.3. The first-order valence-corrected chi connectivity index (χ1v) is 31.7. The van der Waals surface area contributed by atoms with Crippen LogP contribution < -0.4 is 16.1 Å². The molecule has 0 aromatic carbocycles.